The summed E-state index contributed by atoms with van der Waals surface area (Å²) >= 11 is 0. The predicted molar refractivity (Wildman–Crippen MR) is 136 cm³/mol. The number of carbonyl (C=O) groups excluding carboxylic acids is 4. The van der Waals surface area contributed by atoms with Crippen LogP contribution < -0.4 is 38.9 Å². The van der Waals surface area contributed by atoms with Crippen LogP contribution in [0.5, 0.6) is 0 Å². The molecule has 0 heterocycles. The SMILES string of the molecule is CC(C)CC(NC(=O)C(N)CCC(N)=O)C(=O)NC(CCCN=C(N)N)C(=O)NC(CCC(=O)O)C(=O)O. The number of aliphatic carboxylic acids is 2. The number of nitrogens with two attached hydrogens (primary N) is 4. The molecule has 0 aromatic heterocycles. The van der Waals surface area contributed by atoms with Crippen molar-refractivity contribution in [1.82, 2.24) is 16.0 Å². The predicted octanol–water partition coefficient (Wildman–Crippen LogP) is -2.92. The summed E-state index contributed by atoms with van der Waals surface area (Å²) in [5.74, 6) is -5.85. The lowest BCUT2D eigenvalue weighted by Crippen LogP contribution is -2.57. The van der Waals surface area contributed by atoms with E-state index >= 15 is 0 Å². The van der Waals surface area contributed by atoms with Crippen molar-refractivity contribution >= 4 is 41.5 Å². The minimum Gasteiger partial charge on any atom is -0.481 e. The van der Waals surface area contributed by atoms with Crippen LogP contribution in [0.3, 0.4) is 0 Å². The highest BCUT2D eigenvalue weighted by Crippen LogP contribution is 2.09. The third-order valence-electron chi connectivity index (χ3n) is 5.22. The lowest BCUT2D eigenvalue weighted by Gasteiger charge is -2.26. The van der Waals surface area contributed by atoms with E-state index in [-0.39, 0.29) is 56.9 Å². The van der Waals surface area contributed by atoms with Gasteiger partial charge in [-0.1, -0.05) is 13.8 Å². The summed E-state index contributed by atoms with van der Waals surface area (Å²) in [6.45, 7) is 3.72. The monoisotopic (exact) mass is 544 g/mol. The maximum absolute atomic E-state index is 13.1. The Labute approximate surface area is 220 Å². The Morgan fingerprint density at radius 1 is 0.763 bits per heavy atom. The standard InChI is InChI=1S/C22H40N8O8/c1-11(2)10-15(30-18(34)12(23)5-7-16(24)31)20(36)28-13(4-3-9-27-22(25)26)19(35)29-14(21(37)38)6-8-17(32)33/h11-15H,3-10,23H2,1-2H3,(H2,24,31)(H,28,36)(H,29,35)(H,30,34)(H,32,33)(H,37,38)(H4,25,26,27). The van der Waals surface area contributed by atoms with Crippen molar-refractivity contribution in [3.8, 4) is 0 Å². The third-order valence-corrected chi connectivity index (χ3v) is 5.22. The van der Waals surface area contributed by atoms with Gasteiger partial charge in [0, 0.05) is 19.4 Å². The molecule has 4 amide bonds. The largest absolute Gasteiger partial charge is 0.481 e. The maximum Gasteiger partial charge on any atom is 0.326 e. The zero-order chi connectivity index (χ0) is 29.4. The molecule has 0 spiro atoms. The zero-order valence-corrected chi connectivity index (χ0v) is 21.6. The van der Waals surface area contributed by atoms with Gasteiger partial charge in [-0.2, -0.15) is 0 Å². The first-order valence-corrected chi connectivity index (χ1v) is 12.1. The highest BCUT2D eigenvalue weighted by Gasteiger charge is 2.30. The van der Waals surface area contributed by atoms with Gasteiger partial charge >= 0.3 is 11.9 Å². The number of hydrogen-bond donors (Lipinski definition) is 9. The first-order valence-electron chi connectivity index (χ1n) is 12.1. The van der Waals surface area contributed by atoms with Gasteiger partial charge in [-0.05, 0) is 38.0 Å². The molecular formula is C22H40N8O8. The molecule has 13 N–H and O–H groups in total. The van der Waals surface area contributed by atoms with E-state index in [1.54, 1.807) is 13.8 Å². The number of amides is 4. The van der Waals surface area contributed by atoms with E-state index in [4.69, 9.17) is 28.0 Å². The Bertz CT molecular complexity index is 875. The zero-order valence-electron chi connectivity index (χ0n) is 21.6. The Balaban J connectivity index is 5.65. The van der Waals surface area contributed by atoms with Crippen LogP contribution >= 0.6 is 0 Å². The second kappa shape index (κ2) is 17.5. The lowest BCUT2D eigenvalue weighted by atomic mass is 10.0. The Hall–Kier alpha value is -3.95. The number of nitrogens with one attached hydrogen (secondary N) is 3. The lowest BCUT2D eigenvalue weighted by molar-refractivity contribution is -0.143. The molecule has 0 rings (SSSR count). The highest BCUT2D eigenvalue weighted by molar-refractivity contribution is 5.94. The number of primary amides is 1. The van der Waals surface area contributed by atoms with Crippen LogP contribution in [-0.2, 0) is 28.8 Å². The van der Waals surface area contributed by atoms with E-state index in [1.165, 1.54) is 0 Å². The molecule has 0 saturated carbocycles. The summed E-state index contributed by atoms with van der Waals surface area (Å²) in [4.78, 5) is 75.6. The molecule has 4 atom stereocenters. The maximum atomic E-state index is 13.1. The molecule has 0 radical (unpaired) electrons. The summed E-state index contributed by atoms with van der Waals surface area (Å²) in [6, 6.07) is -4.96. The summed E-state index contributed by atoms with van der Waals surface area (Å²) in [6.07, 6.45) is -0.626. The molecule has 0 saturated heterocycles. The van der Waals surface area contributed by atoms with Gasteiger partial charge in [-0.25, -0.2) is 4.79 Å². The fourth-order valence-electron chi connectivity index (χ4n) is 3.25. The molecular weight excluding hydrogens is 504 g/mol. The minimum atomic E-state index is -1.51. The first-order chi connectivity index (χ1) is 17.6. The van der Waals surface area contributed by atoms with Gasteiger partial charge < -0.3 is 49.1 Å². The fraction of sp³-hybridized carbons (Fsp3) is 0.682. The number of hydrogen-bond acceptors (Lipinski definition) is 8. The smallest absolute Gasteiger partial charge is 0.326 e. The van der Waals surface area contributed by atoms with Gasteiger partial charge in [-0.3, -0.25) is 29.0 Å². The Morgan fingerprint density at radius 3 is 1.82 bits per heavy atom. The molecule has 216 valence electrons. The van der Waals surface area contributed by atoms with Gasteiger partial charge in [0.25, 0.3) is 0 Å². The molecule has 38 heavy (non-hydrogen) atoms. The average Bonchev–Trinajstić information content (AvgIpc) is 2.80. The topological polar surface area (TPSA) is 295 Å². The van der Waals surface area contributed by atoms with Crippen molar-refractivity contribution in [2.24, 2.45) is 33.8 Å². The van der Waals surface area contributed by atoms with Gasteiger partial charge in [0.1, 0.15) is 18.1 Å². The molecule has 0 aliphatic rings. The number of aliphatic imine (C=N–C) groups is 1. The van der Waals surface area contributed by atoms with Crippen LogP contribution in [0.25, 0.3) is 0 Å². The third kappa shape index (κ3) is 15.2. The highest BCUT2D eigenvalue weighted by atomic mass is 16.4. The molecule has 16 heteroatoms. The van der Waals surface area contributed by atoms with Crippen LogP contribution in [0.4, 0.5) is 0 Å². The van der Waals surface area contributed by atoms with Crippen molar-refractivity contribution in [1.29, 1.82) is 0 Å². The van der Waals surface area contributed by atoms with Crippen LogP contribution in [0, 0.1) is 5.92 Å². The van der Waals surface area contributed by atoms with Gasteiger partial charge in [-0.15, -0.1) is 0 Å². The Kier molecular flexibility index (Phi) is 15.7. The molecule has 16 nitrogen and oxygen atoms in total. The van der Waals surface area contributed by atoms with Crippen LogP contribution in [0.1, 0.15) is 58.8 Å². The second-order valence-electron chi connectivity index (χ2n) is 9.14. The average molecular weight is 545 g/mol. The fourth-order valence-corrected chi connectivity index (χ4v) is 3.25. The minimum absolute atomic E-state index is 0.0000927. The number of nitrogens with zero attached hydrogens (tertiary/aromatic N) is 1. The number of carboxylic acid groups (broad SMARTS) is 2. The van der Waals surface area contributed by atoms with E-state index in [0.29, 0.717) is 0 Å². The summed E-state index contributed by atoms with van der Waals surface area (Å²) < 4.78 is 0. The summed E-state index contributed by atoms with van der Waals surface area (Å²) in [7, 11) is 0. The quantitative estimate of drug-likeness (QED) is 0.0450. The molecule has 0 aromatic rings. The van der Waals surface area contributed by atoms with Crippen LogP contribution in [0.15, 0.2) is 4.99 Å². The Morgan fingerprint density at radius 2 is 1.32 bits per heavy atom. The normalized spacial score (nSPS) is 13.9. The van der Waals surface area contributed by atoms with E-state index in [2.05, 4.69) is 20.9 Å². The molecule has 0 bridgehead atoms. The molecule has 0 aromatic carbocycles. The summed E-state index contributed by atoms with van der Waals surface area (Å²) in [5.41, 5.74) is 21.4. The van der Waals surface area contributed by atoms with E-state index in [9.17, 15) is 33.9 Å². The summed E-state index contributed by atoms with van der Waals surface area (Å²) in [5, 5.41) is 25.5. The molecule has 4 unspecified atom stereocenters. The van der Waals surface area contributed by atoms with Crippen LogP contribution in [0.2, 0.25) is 0 Å². The van der Waals surface area contributed by atoms with Gasteiger partial charge in [0.15, 0.2) is 5.96 Å². The van der Waals surface area contributed by atoms with Crippen molar-refractivity contribution in [2.75, 3.05) is 6.54 Å². The van der Waals surface area contributed by atoms with Crippen molar-refractivity contribution in [3.05, 3.63) is 0 Å². The first kappa shape index (κ1) is 34.0. The number of guanidine groups is 1. The number of rotatable bonds is 19. The van der Waals surface area contributed by atoms with E-state index in [1.807, 2.05) is 0 Å². The van der Waals surface area contributed by atoms with Gasteiger partial charge in [0.05, 0.1) is 6.04 Å². The van der Waals surface area contributed by atoms with Crippen molar-refractivity contribution in [2.45, 2.75) is 83.0 Å². The van der Waals surface area contributed by atoms with Crippen LogP contribution in [-0.4, -0.2) is 82.5 Å². The van der Waals surface area contributed by atoms with Gasteiger partial charge in [0.2, 0.25) is 23.6 Å². The second-order valence-corrected chi connectivity index (χ2v) is 9.14. The van der Waals surface area contributed by atoms with E-state index < -0.39 is 66.2 Å². The molecule has 0 fully saturated rings. The molecule has 0 aliphatic heterocycles. The van der Waals surface area contributed by atoms with E-state index in [0.717, 1.165) is 0 Å². The number of carboxylic acids is 2. The molecule has 0 aliphatic carbocycles. The van der Waals surface area contributed by atoms with Crippen molar-refractivity contribution in [3.63, 3.8) is 0 Å². The van der Waals surface area contributed by atoms with Crippen molar-refractivity contribution < 1.29 is 39.0 Å². The number of carbonyl (C=O) groups is 6.